The van der Waals surface area contributed by atoms with Gasteiger partial charge in [-0.05, 0) is 37.1 Å². The highest BCUT2D eigenvalue weighted by Crippen LogP contribution is 2.21. The van der Waals surface area contributed by atoms with E-state index >= 15 is 0 Å². The Hall–Kier alpha value is -1.12. The van der Waals surface area contributed by atoms with Crippen LogP contribution in [0.4, 0.5) is 5.69 Å². The molecule has 106 valence electrons. The summed E-state index contributed by atoms with van der Waals surface area (Å²) in [4.78, 5) is 0.0338. The highest BCUT2D eigenvalue weighted by atomic mass is 32.2. The van der Waals surface area contributed by atoms with E-state index in [2.05, 4.69) is 5.32 Å². The Balaban J connectivity index is 2.01. The van der Waals surface area contributed by atoms with E-state index in [-0.39, 0.29) is 15.9 Å². The van der Waals surface area contributed by atoms with E-state index < -0.39 is 19.9 Å². The Kier molecular flexibility index (Phi) is 3.84. The number of hydrogen-bond donors (Lipinski definition) is 2. The number of sulfonamides is 1. The Labute approximate surface area is 113 Å². The van der Waals surface area contributed by atoms with Crippen molar-refractivity contribution in [3.8, 4) is 0 Å². The predicted molar refractivity (Wildman–Crippen MR) is 73.1 cm³/mol. The van der Waals surface area contributed by atoms with Crippen LogP contribution in [0.3, 0.4) is 0 Å². The first kappa shape index (κ1) is 14.3. The lowest BCUT2D eigenvalue weighted by Gasteiger charge is -2.12. The zero-order chi connectivity index (χ0) is 14.1. The molecule has 0 aromatic heterocycles. The first-order chi connectivity index (χ1) is 8.79. The first-order valence-electron chi connectivity index (χ1n) is 5.87. The SMILES string of the molecule is NS(=O)(=O)c1ccc(NCC2CCCS2(=O)=O)cc1. The summed E-state index contributed by atoms with van der Waals surface area (Å²) in [6, 6.07) is 5.92. The molecule has 1 unspecified atom stereocenters. The number of anilines is 1. The van der Waals surface area contributed by atoms with Crippen molar-refractivity contribution in [1.29, 1.82) is 0 Å². The van der Waals surface area contributed by atoms with Gasteiger partial charge in [-0.25, -0.2) is 22.0 Å². The number of hydrogen-bond acceptors (Lipinski definition) is 5. The van der Waals surface area contributed by atoms with Crippen LogP contribution in [0.2, 0.25) is 0 Å². The molecule has 19 heavy (non-hydrogen) atoms. The van der Waals surface area contributed by atoms with Crippen molar-refractivity contribution in [2.45, 2.75) is 23.0 Å². The van der Waals surface area contributed by atoms with Crippen LogP contribution in [0.25, 0.3) is 0 Å². The Morgan fingerprint density at radius 2 is 1.89 bits per heavy atom. The molecule has 0 bridgehead atoms. The monoisotopic (exact) mass is 304 g/mol. The molecule has 1 aliphatic rings. The minimum absolute atomic E-state index is 0.0338. The molecule has 1 fully saturated rings. The van der Waals surface area contributed by atoms with E-state index in [0.29, 0.717) is 25.1 Å². The third kappa shape index (κ3) is 3.46. The molecule has 8 heteroatoms. The molecule has 2 rings (SSSR count). The lowest BCUT2D eigenvalue weighted by Crippen LogP contribution is -2.25. The Morgan fingerprint density at radius 1 is 1.26 bits per heavy atom. The largest absolute Gasteiger partial charge is 0.384 e. The molecular weight excluding hydrogens is 288 g/mol. The molecule has 0 amide bonds. The van der Waals surface area contributed by atoms with Crippen molar-refractivity contribution in [2.75, 3.05) is 17.6 Å². The molecule has 1 atom stereocenters. The third-order valence-electron chi connectivity index (χ3n) is 3.18. The molecule has 0 radical (unpaired) electrons. The van der Waals surface area contributed by atoms with Gasteiger partial charge in [-0.1, -0.05) is 0 Å². The predicted octanol–water partition coefficient (Wildman–Crippen LogP) is 0.323. The van der Waals surface area contributed by atoms with Crippen LogP contribution < -0.4 is 10.5 Å². The highest BCUT2D eigenvalue weighted by molar-refractivity contribution is 7.92. The number of primary sulfonamides is 1. The lowest BCUT2D eigenvalue weighted by atomic mass is 10.2. The minimum atomic E-state index is -3.69. The van der Waals surface area contributed by atoms with Gasteiger partial charge in [-0.2, -0.15) is 0 Å². The normalized spacial score (nSPS) is 22.3. The van der Waals surface area contributed by atoms with Crippen LogP contribution >= 0.6 is 0 Å². The summed E-state index contributed by atoms with van der Waals surface area (Å²) < 4.78 is 45.4. The summed E-state index contributed by atoms with van der Waals surface area (Å²) in [6.45, 7) is 0.344. The molecule has 1 aromatic rings. The van der Waals surface area contributed by atoms with Crippen LogP contribution in [0, 0.1) is 0 Å². The second-order valence-electron chi connectivity index (χ2n) is 4.58. The van der Waals surface area contributed by atoms with E-state index in [1.807, 2.05) is 0 Å². The van der Waals surface area contributed by atoms with Gasteiger partial charge in [0.05, 0.1) is 15.9 Å². The Morgan fingerprint density at radius 3 is 2.37 bits per heavy atom. The van der Waals surface area contributed by atoms with Crippen LogP contribution in [-0.2, 0) is 19.9 Å². The molecule has 1 saturated heterocycles. The number of sulfone groups is 1. The zero-order valence-electron chi connectivity index (χ0n) is 10.2. The first-order valence-corrected chi connectivity index (χ1v) is 9.13. The second kappa shape index (κ2) is 5.10. The van der Waals surface area contributed by atoms with E-state index in [9.17, 15) is 16.8 Å². The topological polar surface area (TPSA) is 106 Å². The summed E-state index contributed by atoms with van der Waals surface area (Å²) >= 11 is 0. The highest BCUT2D eigenvalue weighted by Gasteiger charge is 2.30. The number of benzene rings is 1. The van der Waals surface area contributed by atoms with Crippen molar-refractivity contribution < 1.29 is 16.8 Å². The van der Waals surface area contributed by atoms with Gasteiger partial charge in [-0.15, -0.1) is 0 Å². The van der Waals surface area contributed by atoms with Gasteiger partial charge < -0.3 is 5.32 Å². The van der Waals surface area contributed by atoms with Crippen LogP contribution in [0.1, 0.15) is 12.8 Å². The van der Waals surface area contributed by atoms with Crippen LogP contribution in [0.15, 0.2) is 29.2 Å². The standard InChI is InChI=1S/C11H16N2O4S2/c12-19(16,17)10-5-3-9(4-6-10)13-8-11-2-1-7-18(11,14)15/h3-6,11,13H,1-2,7-8H2,(H2,12,16,17). The molecule has 1 heterocycles. The van der Waals surface area contributed by atoms with E-state index in [4.69, 9.17) is 5.14 Å². The summed E-state index contributed by atoms with van der Waals surface area (Å²) in [7, 11) is -6.66. The van der Waals surface area contributed by atoms with Crippen molar-refractivity contribution in [2.24, 2.45) is 5.14 Å². The molecule has 0 aliphatic carbocycles. The van der Waals surface area contributed by atoms with Gasteiger partial charge in [0.1, 0.15) is 0 Å². The lowest BCUT2D eigenvalue weighted by molar-refractivity contribution is 0.591. The number of nitrogens with one attached hydrogen (secondary N) is 1. The molecule has 6 nitrogen and oxygen atoms in total. The quantitative estimate of drug-likeness (QED) is 0.833. The smallest absolute Gasteiger partial charge is 0.238 e. The van der Waals surface area contributed by atoms with Crippen LogP contribution in [0.5, 0.6) is 0 Å². The third-order valence-corrected chi connectivity index (χ3v) is 6.38. The van der Waals surface area contributed by atoms with Crippen LogP contribution in [-0.4, -0.2) is 34.4 Å². The van der Waals surface area contributed by atoms with Gasteiger partial charge in [-0.3, -0.25) is 0 Å². The molecule has 1 aliphatic heterocycles. The van der Waals surface area contributed by atoms with Crippen molar-refractivity contribution in [1.82, 2.24) is 0 Å². The van der Waals surface area contributed by atoms with Crippen molar-refractivity contribution >= 4 is 25.5 Å². The second-order valence-corrected chi connectivity index (χ2v) is 8.54. The summed E-state index contributed by atoms with van der Waals surface area (Å²) in [6.07, 6.45) is 1.38. The summed E-state index contributed by atoms with van der Waals surface area (Å²) in [5.74, 6) is 0.254. The molecule has 3 N–H and O–H groups in total. The average molecular weight is 304 g/mol. The fourth-order valence-corrected chi connectivity index (χ4v) is 4.36. The molecule has 0 saturated carbocycles. The van der Waals surface area contributed by atoms with Crippen molar-refractivity contribution in [3.05, 3.63) is 24.3 Å². The van der Waals surface area contributed by atoms with E-state index in [1.54, 1.807) is 12.1 Å². The molecule has 1 aromatic carbocycles. The minimum Gasteiger partial charge on any atom is -0.384 e. The van der Waals surface area contributed by atoms with Gasteiger partial charge in [0.15, 0.2) is 9.84 Å². The van der Waals surface area contributed by atoms with E-state index in [1.165, 1.54) is 12.1 Å². The average Bonchev–Trinajstić information content (AvgIpc) is 2.65. The van der Waals surface area contributed by atoms with Gasteiger partial charge in [0.2, 0.25) is 10.0 Å². The van der Waals surface area contributed by atoms with Gasteiger partial charge >= 0.3 is 0 Å². The van der Waals surface area contributed by atoms with Gasteiger partial charge in [0, 0.05) is 12.2 Å². The maximum absolute atomic E-state index is 11.6. The zero-order valence-corrected chi connectivity index (χ0v) is 11.9. The fraction of sp³-hybridized carbons (Fsp3) is 0.455. The maximum Gasteiger partial charge on any atom is 0.238 e. The Bertz CT molecular complexity index is 650. The summed E-state index contributed by atoms with van der Waals surface area (Å²) in [5, 5.41) is 7.64. The number of rotatable bonds is 4. The van der Waals surface area contributed by atoms with Gasteiger partial charge in [0.25, 0.3) is 0 Å². The summed E-state index contributed by atoms with van der Waals surface area (Å²) in [5.41, 5.74) is 0.675. The number of nitrogens with two attached hydrogens (primary N) is 1. The molecule has 0 spiro atoms. The fourth-order valence-electron chi connectivity index (χ4n) is 2.08. The van der Waals surface area contributed by atoms with E-state index in [0.717, 1.165) is 0 Å². The van der Waals surface area contributed by atoms with Crippen molar-refractivity contribution in [3.63, 3.8) is 0 Å². The maximum atomic E-state index is 11.6. The molecular formula is C11H16N2O4S2.